The molecule has 0 saturated heterocycles. The van der Waals surface area contributed by atoms with Crippen LogP contribution in [0.4, 0.5) is 0 Å². The van der Waals surface area contributed by atoms with Gasteiger partial charge in [0, 0.05) is 14.4 Å². The Labute approximate surface area is 116 Å². The van der Waals surface area contributed by atoms with Gasteiger partial charge in [0.05, 0.1) is 4.34 Å². The molecule has 0 aliphatic heterocycles. The molecule has 1 aromatic heterocycles. The van der Waals surface area contributed by atoms with E-state index in [0.29, 0.717) is 9.36 Å². The Hall–Kier alpha value is -0.0600. The van der Waals surface area contributed by atoms with E-state index < -0.39 is 6.10 Å². The van der Waals surface area contributed by atoms with Gasteiger partial charge in [-0.1, -0.05) is 39.1 Å². The summed E-state index contributed by atoms with van der Waals surface area (Å²) in [5.41, 5.74) is 0.748. The number of benzene rings is 1. The van der Waals surface area contributed by atoms with Crippen LogP contribution in [-0.4, -0.2) is 5.11 Å². The number of hydrogen-bond donors (Lipinski definition) is 1. The zero-order valence-electron chi connectivity index (χ0n) is 7.95. The highest BCUT2D eigenvalue weighted by atomic mass is 79.9. The lowest BCUT2D eigenvalue weighted by atomic mass is 10.1. The Kier molecular flexibility index (Phi) is 3.93. The molecule has 1 nitrogen and oxygen atoms in total. The average Bonchev–Trinajstić information content (AvgIpc) is 2.62. The van der Waals surface area contributed by atoms with Crippen molar-refractivity contribution in [1.82, 2.24) is 0 Å². The molecule has 2 aromatic rings. The first-order valence-electron chi connectivity index (χ1n) is 4.45. The Morgan fingerprint density at radius 3 is 2.50 bits per heavy atom. The van der Waals surface area contributed by atoms with Gasteiger partial charge in [-0.05, 0) is 35.9 Å². The molecule has 0 radical (unpaired) electrons. The molecule has 16 heavy (non-hydrogen) atoms. The number of rotatable bonds is 2. The van der Waals surface area contributed by atoms with E-state index in [-0.39, 0.29) is 0 Å². The summed E-state index contributed by atoms with van der Waals surface area (Å²) in [7, 11) is 0. The molecule has 5 heteroatoms. The summed E-state index contributed by atoms with van der Waals surface area (Å²) in [4.78, 5) is 0.805. The Balaban J connectivity index is 2.37. The lowest BCUT2D eigenvalue weighted by Crippen LogP contribution is -1.96. The quantitative estimate of drug-likeness (QED) is 0.826. The van der Waals surface area contributed by atoms with Crippen LogP contribution < -0.4 is 0 Å². The maximum absolute atomic E-state index is 10.1. The van der Waals surface area contributed by atoms with Crippen molar-refractivity contribution in [2.24, 2.45) is 0 Å². The SMILES string of the molecule is OC(c1cc(Cl)cc(Br)c1)c1ccc(Cl)s1. The van der Waals surface area contributed by atoms with Crippen LogP contribution in [0.25, 0.3) is 0 Å². The fraction of sp³-hybridized carbons (Fsp3) is 0.0909. The van der Waals surface area contributed by atoms with Crippen molar-refractivity contribution >= 4 is 50.5 Å². The minimum Gasteiger partial charge on any atom is -0.383 e. The van der Waals surface area contributed by atoms with E-state index in [9.17, 15) is 5.11 Å². The third-order valence-corrected chi connectivity index (χ3v) is 4.02. The predicted molar refractivity (Wildman–Crippen MR) is 72.5 cm³/mol. The predicted octanol–water partition coefficient (Wildman–Crippen LogP) is 4.90. The highest BCUT2D eigenvalue weighted by Crippen LogP contribution is 2.33. The van der Waals surface area contributed by atoms with Gasteiger partial charge in [0.2, 0.25) is 0 Å². The summed E-state index contributed by atoms with van der Waals surface area (Å²) in [6, 6.07) is 8.94. The van der Waals surface area contributed by atoms with E-state index in [1.807, 2.05) is 12.1 Å². The third kappa shape index (κ3) is 2.79. The van der Waals surface area contributed by atoms with Crippen molar-refractivity contribution in [2.75, 3.05) is 0 Å². The summed E-state index contributed by atoms with van der Waals surface area (Å²) < 4.78 is 1.51. The minimum atomic E-state index is -0.688. The highest BCUT2D eigenvalue weighted by molar-refractivity contribution is 9.10. The van der Waals surface area contributed by atoms with Crippen molar-refractivity contribution < 1.29 is 5.11 Å². The largest absolute Gasteiger partial charge is 0.383 e. The van der Waals surface area contributed by atoms with Crippen LogP contribution in [0.2, 0.25) is 9.36 Å². The van der Waals surface area contributed by atoms with Gasteiger partial charge in [-0.25, -0.2) is 0 Å². The van der Waals surface area contributed by atoms with Crippen molar-refractivity contribution in [3.05, 3.63) is 54.6 Å². The van der Waals surface area contributed by atoms with Crippen molar-refractivity contribution in [3.8, 4) is 0 Å². The molecule has 0 aliphatic carbocycles. The molecule has 1 aromatic carbocycles. The standard InChI is InChI=1S/C11H7BrCl2OS/c12-7-3-6(4-8(13)5-7)11(15)9-1-2-10(14)16-9/h1-5,11,15H. The van der Waals surface area contributed by atoms with E-state index in [0.717, 1.165) is 14.9 Å². The number of halogens is 3. The van der Waals surface area contributed by atoms with Crippen LogP contribution >= 0.6 is 50.5 Å². The summed E-state index contributed by atoms with van der Waals surface area (Å²) in [6.07, 6.45) is -0.688. The molecule has 1 unspecified atom stereocenters. The normalized spacial score (nSPS) is 12.8. The third-order valence-electron chi connectivity index (χ3n) is 2.06. The molecule has 0 amide bonds. The Bertz CT molecular complexity index is 492. The lowest BCUT2D eigenvalue weighted by Gasteiger charge is -2.09. The van der Waals surface area contributed by atoms with Crippen LogP contribution in [0.15, 0.2) is 34.8 Å². The molecule has 0 aliphatic rings. The minimum absolute atomic E-state index is 0.589. The summed E-state index contributed by atoms with van der Waals surface area (Å²) in [5, 5.41) is 10.7. The average molecular weight is 338 g/mol. The van der Waals surface area contributed by atoms with Crippen molar-refractivity contribution in [3.63, 3.8) is 0 Å². The molecule has 0 bridgehead atoms. The molecular weight excluding hydrogens is 331 g/mol. The van der Waals surface area contributed by atoms with Gasteiger partial charge in [0.25, 0.3) is 0 Å². The molecule has 84 valence electrons. The van der Waals surface area contributed by atoms with Gasteiger partial charge in [-0.15, -0.1) is 11.3 Å². The van der Waals surface area contributed by atoms with E-state index in [1.165, 1.54) is 11.3 Å². The topological polar surface area (TPSA) is 20.2 Å². The van der Waals surface area contributed by atoms with Gasteiger partial charge in [-0.2, -0.15) is 0 Å². The molecule has 2 rings (SSSR count). The second-order valence-corrected chi connectivity index (χ2v) is 6.35. The maximum Gasteiger partial charge on any atom is 0.113 e. The van der Waals surface area contributed by atoms with Gasteiger partial charge in [0.1, 0.15) is 6.10 Å². The first-order valence-corrected chi connectivity index (χ1v) is 6.82. The second-order valence-electron chi connectivity index (χ2n) is 3.25. The Morgan fingerprint density at radius 2 is 1.94 bits per heavy atom. The van der Waals surface area contributed by atoms with Crippen LogP contribution in [0.1, 0.15) is 16.5 Å². The monoisotopic (exact) mass is 336 g/mol. The van der Waals surface area contributed by atoms with E-state index in [1.54, 1.807) is 18.2 Å². The zero-order valence-corrected chi connectivity index (χ0v) is 11.9. The maximum atomic E-state index is 10.1. The molecule has 0 fully saturated rings. The smallest absolute Gasteiger partial charge is 0.113 e. The number of aliphatic hydroxyl groups excluding tert-OH is 1. The fourth-order valence-electron chi connectivity index (χ4n) is 1.37. The van der Waals surface area contributed by atoms with Crippen LogP contribution in [-0.2, 0) is 0 Å². The van der Waals surface area contributed by atoms with E-state index >= 15 is 0 Å². The molecule has 0 spiro atoms. The van der Waals surface area contributed by atoms with E-state index in [2.05, 4.69) is 15.9 Å². The second kappa shape index (κ2) is 5.07. The molecule has 0 saturated carbocycles. The number of hydrogen-bond acceptors (Lipinski definition) is 2. The van der Waals surface area contributed by atoms with Crippen molar-refractivity contribution in [1.29, 1.82) is 0 Å². The summed E-state index contributed by atoms with van der Waals surface area (Å²) in [5.74, 6) is 0. The van der Waals surface area contributed by atoms with Gasteiger partial charge >= 0.3 is 0 Å². The first kappa shape index (κ1) is 12.4. The first-order chi connectivity index (χ1) is 7.56. The van der Waals surface area contributed by atoms with Crippen molar-refractivity contribution in [2.45, 2.75) is 6.10 Å². The molecular formula is C11H7BrCl2OS. The van der Waals surface area contributed by atoms with Gasteiger partial charge < -0.3 is 5.11 Å². The number of aliphatic hydroxyl groups is 1. The van der Waals surface area contributed by atoms with Gasteiger partial charge in [0.15, 0.2) is 0 Å². The van der Waals surface area contributed by atoms with Gasteiger partial charge in [-0.3, -0.25) is 0 Å². The molecule has 1 heterocycles. The Morgan fingerprint density at radius 1 is 1.19 bits per heavy atom. The van der Waals surface area contributed by atoms with Crippen LogP contribution in [0.5, 0.6) is 0 Å². The summed E-state index contributed by atoms with van der Waals surface area (Å²) >= 11 is 16.4. The lowest BCUT2D eigenvalue weighted by molar-refractivity contribution is 0.224. The number of thiophene rings is 1. The fourth-order valence-corrected chi connectivity index (χ4v) is 3.33. The van der Waals surface area contributed by atoms with Crippen LogP contribution in [0, 0.1) is 0 Å². The molecule has 1 atom stereocenters. The van der Waals surface area contributed by atoms with E-state index in [4.69, 9.17) is 23.2 Å². The van der Waals surface area contributed by atoms with Crippen LogP contribution in [0.3, 0.4) is 0 Å². The zero-order chi connectivity index (χ0) is 11.7. The molecule has 1 N–H and O–H groups in total. The highest BCUT2D eigenvalue weighted by Gasteiger charge is 2.13. The summed E-state index contributed by atoms with van der Waals surface area (Å²) in [6.45, 7) is 0.